The van der Waals surface area contributed by atoms with E-state index in [1.54, 1.807) is 0 Å². The summed E-state index contributed by atoms with van der Waals surface area (Å²) in [5.74, 6) is 9.79. The molecule has 0 radical (unpaired) electrons. The summed E-state index contributed by atoms with van der Waals surface area (Å²) >= 11 is 4.42. The summed E-state index contributed by atoms with van der Waals surface area (Å²) in [4.78, 5) is 83.7. The number of hydrogen-bond acceptors (Lipinski definition) is 18. The van der Waals surface area contributed by atoms with Crippen LogP contribution in [0, 0.1) is 54.1 Å². The fourth-order valence-corrected chi connectivity index (χ4v) is 9.93. The van der Waals surface area contributed by atoms with Crippen LogP contribution in [0.4, 0.5) is 5.69 Å². The van der Waals surface area contributed by atoms with Gasteiger partial charge >= 0.3 is 5.97 Å². The maximum absolute atomic E-state index is 11.4. The number of nitrogens with two attached hydrogens (primary N) is 3. The molecule has 3 rings (SSSR count). The lowest BCUT2D eigenvalue weighted by Gasteiger charge is -2.21. The van der Waals surface area contributed by atoms with Gasteiger partial charge in [-0.1, -0.05) is 286 Å². The van der Waals surface area contributed by atoms with Crippen LogP contribution >= 0.6 is 33.8 Å². The van der Waals surface area contributed by atoms with Gasteiger partial charge < -0.3 is 15.0 Å². The summed E-state index contributed by atoms with van der Waals surface area (Å²) < 4.78 is 21.9. The summed E-state index contributed by atoms with van der Waals surface area (Å²) in [6, 6.07) is 7.76. The van der Waals surface area contributed by atoms with E-state index in [1.165, 1.54) is 41.2 Å². The van der Waals surface area contributed by atoms with E-state index in [9.17, 15) is 37.2 Å². The van der Waals surface area contributed by atoms with Gasteiger partial charge in [0.1, 0.15) is 5.71 Å². The summed E-state index contributed by atoms with van der Waals surface area (Å²) in [5, 5.41) is 15.9. The zero-order valence-electron chi connectivity index (χ0n) is 77.1. The first-order chi connectivity index (χ1) is 50.1. The fraction of sp³-hybridized carbons (Fsp3) is 0.791. The molecule has 2 aliphatic heterocycles. The minimum absolute atomic E-state index is 0.0258. The average molecular weight is 1640 g/mol. The van der Waals surface area contributed by atoms with Gasteiger partial charge in [-0.25, -0.2) is 24.1 Å². The monoisotopic (exact) mass is 1640 g/mol. The summed E-state index contributed by atoms with van der Waals surface area (Å²) in [6.07, 6.45) is 18.1. The number of imide groups is 2. The van der Waals surface area contributed by atoms with Crippen molar-refractivity contribution in [2.45, 2.75) is 338 Å². The summed E-state index contributed by atoms with van der Waals surface area (Å²) in [7, 11) is 0.822. The molecule has 25 heteroatoms. The van der Waals surface area contributed by atoms with E-state index in [-0.39, 0.29) is 59.0 Å². The van der Waals surface area contributed by atoms with Crippen molar-refractivity contribution < 1.29 is 52.3 Å². The molecule has 0 aromatic heterocycles. The summed E-state index contributed by atoms with van der Waals surface area (Å²) in [6.45, 7) is 79.5. The van der Waals surface area contributed by atoms with Crippen LogP contribution in [-0.2, 0) is 54.7 Å². The largest absolute Gasteiger partial charge is 0.356 e. The number of nitrogens with one attached hydrogen (secondary N) is 2. The minimum Gasteiger partial charge on any atom is -0.356 e. The van der Waals surface area contributed by atoms with Gasteiger partial charge in [0.25, 0.3) is 23.6 Å². The van der Waals surface area contributed by atoms with Crippen molar-refractivity contribution in [3.05, 3.63) is 64.4 Å². The maximum Gasteiger partial charge on any atom is 0.333 e. The van der Waals surface area contributed by atoms with E-state index >= 15 is 0 Å². The van der Waals surface area contributed by atoms with Crippen LogP contribution in [0.15, 0.2) is 58.5 Å². The number of carbonyl (C=O) groups excluding carboxylic acids is 6. The Bertz CT molecular complexity index is 2860. The number of hydrazine groups is 1. The van der Waals surface area contributed by atoms with E-state index in [0.717, 1.165) is 82.1 Å². The van der Waals surface area contributed by atoms with Crippen molar-refractivity contribution in [1.29, 1.82) is 0 Å². The van der Waals surface area contributed by atoms with Gasteiger partial charge in [-0.2, -0.15) is 0 Å². The number of aliphatic imine (C=N–C) groups is 1. The molecular weight excluding hydrogens is 1480 g/mol. The van der Waals surface area contributed by atoms with Crippen molar-refractivity contribution in [2.75, 3.05) is 50.5 Å². The average Bonchev–Trinajstić information content (AvgIpc) is 1.74. The molecular formula is C86H168N11O10S4+. The lowest BCUT2D eigenvalue weighted by molar-refractivity contribution is -0.197. The first-order valence-corrected chi connectivity index (χ1v) is 44.3. The number of hydroxylamine groups is 2. The third kappa shape index (κ3) is 105. The second-order valence-electron chi connectivity index (χ2n) is 39.3. The van der Waals surface area contributed by atoms with Gasteiger partial charge in [-0.15, -0.1) is 5.06 Å². The Balaban J connectivity index is -0.000000178. The van der Waals surface area contributed by atoms with Crippen molar-refractivity contribution in [3.63, 3.8) is 0 Å². The molecule has 0 bridgehead atoms. The molecule has 0 unspecified atom stereocenters. The maximum atomic E-state index is 11.4. The summed E-state index contributed by atoms with van der Waals surface area (Å²) in [5.41, 5.74) is 16.9. The third-order valence-corrected chi connectivity index (χ3v) is 18.0. The van der Waals surface area contributed by atoms with Crippen LogP contribution < -0.4 is 27.9 Å². The van der Waals surface area contributed by atoms with E-state index in [1.807, 2.05) is 115 Å². The van der Waals surface area contributed by atoms with Crippen molar-refractivity contribution in [1.82, 2.24) is 20.7 Å². The zero-order valence-corrected chi connectivity index (χ0v) is 80.4. The highest BCUT2D eigenvalue weighted by Crippen LogP contribution is 2.28. The third-order valence-electron chi connectivity index (χ3n) is 14.8. The molecule has 5 amide bonds. The number of aryl methyl sites for hydroxylation is 1. The topological polar surface area (TPSA) is 324 Å². The number of azide groups is 1. The molecule has 1 saturated heterocycles. The van der Waals surface area contributed by atoms with E-state index < -0.39 is 27.6 Å². The molecule has 1 aromatic rings. The lowest BCUT2D eigenvalue weighted by Crippen LogP contribution is -2.37. The number of amides is 5. The first-order valence-electron chi connectivity index (χ1n) is 39.5. The molecule has 650 valence electrons. The number of sulfone groups is 1. The zero-order chi connectivity index (χ0) is 89.1. The highest BCUT2D eigenvalue weighted by molar-refractivity contribution is 8.76. The SMILES string of the molecule is C=CS(=O)(=O)CCC(C)(C)C.CC.CC(=[NH2+])CCC(C)(C)C.CC(C)(C)CCC(=O)ON1C(=O)CCC1=O.CC(C)(C)CCN1C(=O)C=CC1=O.CC(C)(C)CCN=C=S.CC(C)(C)CCNN.CC(C)(C)CCON.CC(C)(C)CCc1ccc(N=[N+]=[N-])cc1.CCC(=O)NCCC(C)(C)C.CSSCCC(C)(C)C. The van der Waals surface area contributed by atoms with Crippen molar-refractivity contribution in [3.8, 4) is 0 Å². The van der Waals surface area contributed by atoms with E-state index in [2.05, 4.69) is 227 Å². The Morgan fingerprint density at radius 1 is 0.640 bits per heavy atom. The second kappa shape index (κ2) is 63.4. The molecule has 8 N–H and O–H groups in total. The van der Waals surface area contributed by atoms with E-state index in [0.29, 0.717) is 81.1 Å². The van der Waals surface area contributed by atoms with Crippen LogP contribution in [0.1, 0.15) is 337 Å². The van der Waals surface area contributed by atoms with Gasteiger partial charge in [0.05, 0.1) is 17.5 Å². The second-order valence-corrected chi connectivity index (χ2v) is 44.2. The molecule has 21 nitrogen and oxygen atoms in total. The molecule has 0 aliphatic carbocycles. The Kier molecular flexibility index (Phi) is 69.6. The van der Waals surface area contributed by atoms with Gasteiger partial charge in [-0.3, -0.25) is 45.6 Å². The number of thiocarbonyl (C=S) groups is 1. The number of isothiocyanates is 1. The number of nitrogens with zero attached hydrogens (tertiary/aromatic N) is 6. The molecule has 0 atom stereocenters. The van der Waals surface area contributed by atoms with Gasteiger partial charge in [0.15, 0.2) is 9.84 Å². The number of carbonyl (C=O) groups is 6. The van der Waals surface area contributed by atoms with Gasteiger partial charge in [0, 0.05) is 99.1 Å². The Labute approximate surface area is 693 Å². The van der Waals surface area contributed by atoms with Crippen LogP contribution in [0.25, 0.3) is 10.4 Å². The number of benzene rings is 1. The first kappa shape index (κ1) is 122. The van der Waals surface area contributed by atoms with Crippen LogP contribution in [-0.4, -0.2) is 115 Å². The quantitative estimate of drug-likeness (QED) is 0.00580. The fourth-order valence-electron chi connectivity index (χ4n) is 7.17. The Hall–Kier alpha value is -4.81. The molecule has 1 fully saturated rings. The molecule has 0 saturated carbocycles. The Morgan fingerprint density at radius 3 is 1.36 bits per heavy atom. The van der Waals surface area contributed by atoms with Gasteiger partial charge in [-0.05, 0) is 154 Å². The van der Waals surface area contributed by atoms with Crippen molar-refractivity contribution in [2.24, 2.45) is 76.0 Å². The number of rotatable bonds is 25. The number of hydrogen-bond donors (Lipinski definition) is 5. The molecule has 111 heavy (non-hydrogen) atoms. The standard InChI is InChI=1S/C12H17N3.C11H17NO4.C10H15NO2.C9H19NO.C8H17N.C8H16O2S.C7H13NS.C7H16S2.C6H16N2.C6H15NO.C2H6/c1-12(2,3)9-8-10-4-6-11(7-5-10)14-15-13;1-11(2,3)7-6-10(15)16-12-8(13)4-5-9(12)14;1-10(2,3)6-7-11-8(12)4-5-9(11)13;1-5-8(11)10-7-6-9(2,3)4;1-7(9)5-6-8(2,3)4;1-5-11(9,10)7-6-8(2,3)4;1-7(2,3)4-5-8-6-9;1-7(2,3)5-6-9-8-4;2*1-6(2,3)4-5-8-7;1-2/h4-7H,8-9H2,1-3H3;4-7H2,1-3H3;4-5H,6-7H2,1-3H3;5-7H2,1-4H3,(H,10,11);9H,5-6H2,1-4H3;5H,1,6-7H2,2-4H3;4-5H2,1-3H3;5-6H2,1-4H3;8H,4-5,7H2,1-3H3;4-5,7H2,1-3H3;1-2H3/p+1. The highest BCUT2D eigenvalue weighted by Gasteiger charge is 2.33. The predicted molar refractivity (Wildman–Crippen MR) is 481 cm³/mol. The van der Waals surface area contributed by atoms with Crippen LogP contribution in [0.3, 0.4) is 0 Å². The Morgan fingerprint density at radius 2 is 1.05 bits per heavy atom. The van der Waals surface area contributed by atoms with E-state index in [4.69, 9.17) is 27.5 Å². The van der Waals surface area contributed by atoms with Crippen molar-refractivity contribution >= 4 is 95.7 Å². The highest BCUT2D eigenvalue weighted by atomic mass is 33.1. The van der Waals surface area contributed by atoms with Crippen LogP contribution in [0.5, 0.6) is 0 Å². The van der Waals surface area contributed by atoms with Gasteiger partial charge in [0.2, 0.25) is 5.91 Å². The smallest absolute Gasteiger partial charge is 0.333 e. The molecule has 2 heterocycles. The minimum atomic E-state index is -2.99. The molecule has 1 aromatic carbocycles. The molecule has 0 spiro atoms. The lowest BCUT2D eigenvalue weighted by atomic mass is 9.89. The predicted octanol–water partition coefficient (Wildman–Crippen LogP) is 21.5. The van der Waals surface area contributed by atoms with Crippen LogP contribution in [0.2, 0.25) is 0 Å². The molecule has 2 aliphatic rings. The normalized spacial score (nSPS) is 12.9.